The molecule has 0 spiro atoms. The molecule has 0 unspecified atom stereocenters. The van der Waals surface area contributed by atoms with Crippen LogP contribution in [-0.4, -0.2) is 70.4 Å². The van der Waals surface area contributed by atoms with Crippen molar-refractivity contribution in [3.8, 4) is 11.8 Å². The molecule has 7 nitrogen and oxygen atoms in total. The maximum atomic E-state index is 12.7. The molecule has 0 aromatic heterocycles. The van der Waals surface area contributed by atoms with Gasteiger partial charge in [0.25, 0.3) is 0 Å². The summed E-state index contributed by atoms with van der Waals surface area (Å²) >= 11 is 0. The number of ether oxygens (including phenoxy) is 1. The topological polar surface area (TPSA) is 97.0 Å². The standard InChI is InChI=1S/C18H23N3O4/c1-18(2)17(24)16(13-9-12(10-19)3-4-14(13)25-18)21-6-5-20(7-8-22)11-15(21)23/h3-4,9,16-17,22,24H,5-8,11H2,1-2H3/t16-,17+/m1/s1. The van der Waals surface area contributed by atoms with Crippen molar-refractivity contribution in [3.63, 3.8) is 0 Å². The molecule has 2 heterocycles. The second kappa shape index (κ2) is 6.64. The van der Waals surface area contributed by atoms with Crippen LogP contribution in [0, 0.1) is 11.3 Å². The average molecular weight is 345 g/mol. The summed E-state index contributed by atoms with van der Waals surface area (Å²) in [6, 6.07) is 6.62. The number of aliphatic hydroxyl groups excluding tert-OH is 2. The lowest BCUT2D eigenvalue weighted by Crippen LogP contribution is -2.59. The van der Waals surface area contributed by atoms with Crippen molar-refractivity contribution in [2.45, 2.75) is 31.6 Å². The summed E-state index contributed by atoms with van der Waals surface area (Å²) in [6.45, 7) is 5.33. The SMILES string of the molecule is CC1(C)Oc2ccc(C#N)cc2[C@@H](N2CCN(CCO)CC2=O)[C@@H]1O. The molecule has 134 valence electrons. The summed E-state index contributed by atoms with van der Waals surface area (Å²) in [5, 5.41) is 29.1. The van der Waals surface area contributed by atoms with Crippen LogP contribution in [0.15, 0.2) is 18.2 Å². The molecule has 1 aromatic carbocycles. The summed E-state index contributed by atoms with van der Waals surface area (Å²) in [7, 11) is 0. The van der Waals surface area contributed by atoms with Gasteiger partial charge in [0.2, 0.25) is 5.91 Å². The van der Waals surface area contributed by atoms with Gasteiger partial charge in [0, 0.05) is 25.2 Å². The number of nitrogens with zero attached hydrogens (tertiary/aromatic N) is 3. The van der Waals surface area contributed by atoms with Crippen LogP contribution in [0.2, 0.25) is 0 Å². The molecular formula is C18H23N3O4. The van der Waals surface area contributed by atoms with Gasteiger partial charge in [0.1, 0.15) is 17.5 Å². The average Bonchev–Trinajstić information content (AvgIpc) is 2.57. The second-order valence-corrected chi connectivity index (χ2v) is 7.05. The molecule has 2 aliphatic rings. The lowest BCUT2D eigenvalue weighted by atomic mass is 9.84. The number of benzene rings is 1. The number of aliphatic hydroxyl groups is 2. The van der Waals surface area contributed by atoms with E-state index in [0.717, 1.165) is 0 Å². The minimum Gasteiger partial charge on any atom is -0.485 e. The molecule has 1 saturated heterocycles. The molecule has 0 saturated carbocycles. The van der Waals surface area contributed by atoms with E-state index < -0.39 is 17.7 Å². The predicted molar refractivity (Wildman–Crippen MR) is 89.9 cm³/mol. The summed E-state index contributed by atoms with van der Waals surface area (Å²) in [4.78, 5) is 16.2. The first-order valence-electron chi connectivity index (χ1n) is 8.41. The molecule has 1 aromatic rings. The van der Waals surface area contributed by atoms with E-state index in [9.17, 15) is 15.2 Å². The van der Waals surface area contributed by atoms with Crippen LogP contribution in [0.4, 0.5) is 0 Å². The number of rotatable bonds is 3. The van der Waals surface area contributed by atoms with Crippen molar-refractivity contribution >= 4 is 5.91 Å². The monoisotopic (exact) mass is 345 g/mol. The van der Waals surface area contributed by atoms with Gasteiger partial charge in [-0.3, -0.25) is 9.69 Å². The largest absolute Gasteiger partial charge is 0.485 e. The van der Waals surface area contributed by atoms with Crippen molar-refractivity contribution in [1.82, 2.24) is 9.80 Å². The molecule has 7 heteroatoms. The summed E-state index contributed by atoms with van der Waals surface area (Å²) in [6.07, 6.45) is -0.915. The fourth-order valence-corrected chi connectivity index (χ4v) is 3.54. The lowest BCUT2D eigenvalue weighted by molar-refractivity contribution is -0.150. The zero-order chi connectivity index (χ0) is 18.2. The van der Waals surface area contributed by atoms with Crippen LogP contribution in [0.5, 0.6) is 5.75 Å². The predicted octanol–water partition coefficient (Wildman–Crippen LogP) is 0.268. The van der Waals surface area contributed by atoms with Gasteiger partial charge in [-0.1, -0.05) is 0 Å². The Morgan fingerprint density at radius 1 is 1.40 bits per heavy atom. The van der Waals surface area contributed by atoms with Gasteiger partial charge in [0.15, 0.2) is 0 Å². The first-order valence-corrected chi connectivity index (χ1v) is 8.41. The zero-order valence-corrected chi connectivity index (χ0v) is 14.5. The number of carbonyl (C=O) groups is 1. The van der Waals surface area contributed by atoms with Crippen molar-refractivity contribution in [3.05, 3.63) is 29.3 Å². The third kappa shape index (κ3) is 3.21. The molecule has 3 rings (SSSR count). The summed E-state index contributed by atoms with van der Waals surface area (Å²) in [5.41, 5.74) is 0.273. The van der Waals surface area contributed by atoms with Gasteiger partial charge in [-0.25, -0.2) is 0 Å². The lowest BCUT2D eigenvalue weighted by Gasteiger charge is -2.48. The summed E-state index contributed by atoms with van der Waals surface area (Å²) in [5.74, 6) is 0.486. The van der Waals surface area contributed by atoms with Crippen LogP contribution in [0.3, 0.4) is 0 Å². The number of fused-ring (bicyclic) bond motifs is 1. The smallest absolute Gasteiger partial charge is 0.237 e. The second-order valence-electron chi connectivity index (χ2n) is 7.05. The highest BCUT2D eigenvalue weighted by Crippen LogP contribution is 2.43. The van der Waals surface area contributed by atoms with Gasteiger partial charge in [-0.15, -0.1) is 0 Å². The molecule has 2 N–H and O–H groups in total. The molecule has 25 heavy (non-hydrogen) atoms. The van der Waals surface area contributed by atoms with E-state index in [-0.39, 0.29) is 19.1 Å². The molecular weight excluding hydrogens is 322 g/mol. The normalized spacial score (nSPS) is 25.9. The fraction of sp³-hybridized carbons (Fsp3) is 0.556. The quantitative estimate of drug-likeness (QED) is 0.816. The molecule has 2 atom stereocenters. The first kappa shape index (κ1) is 17.7. The van der Waals surface area contributed by atoms with E-state index in [1.807, 2.05) is 4.90 Å². The van der Waals surface area contributed by atoms with Gasteiger partial charge in [0.05, 0.1) is 30.8 Å². The zero-order valence-electron chi connectivity index (χ0n) is 14.5. The van der Waals surface area contributed by atoms with Crippen LogP contribution < -0.4 is 4.74 Å². The Morgan fingerprint density at radius 2 is 2.16 bits per heavy atom. The molecule has 1 amide bonds. The molecule has 0 radical (unpaired) electrons. The highest BCUT2D eigenvalue weighted by Gasteiger charge is 2.47. The van der Waals surface area contributed by atoms with E-state index in [1.54, 1.807) is 36.9 Å². The summed E-state index contributed by atoms with van der Waals surface area (Å²) < 4.78 is 5.91. The number of piperazine rings is 1. The van der Waals surface area contributed by atoms with Gasteiger partial charge >= 0.3 is 0 Å². The Morgan fingerprint density at radius 3 is 2.80 bits per heavy atom. The van der Waals surface area contributed by atoms with Crippen LogP contribution in [0.1, 0.15) is 31.0 Å². The Kier molecular flexibility index (Phi) is 4.69. The fourth-order valence-electron chi connectivity index (χ4n) is 3.54. The first-order chi connectivity index (χ1) is 11.9. The number of hydrogen-bond acceptors (Lipinski definition) is 6. The maximum Gasteiger partial charge on any atom is 0.237 e. The van der Waals surface area contributed by atoms with E-state index in [4.69, 9.17) is 9.84 Å². The van der Waals surface area contributed by atoms with E-state index >= 15 is 0 Å². The molecule has 0 bridgehead atoms. The maximum absolute atomic E-state index is 12.7. The number of nitriles is 1. The van der Waals surface area contributed by atoms with Crippen molar-refractivity contribution in [1.29, 1.82) is 5.26 Å². The van der Waals surface area contributed by atoms with E-state index in [0.29, 0.717) is 36.5 Å². The highest BCUT2D eigenvalue weighted by atomic mass is 16.5. The van der Waals surface area contributed by atoms with Crippen molar-refractivity contribution < 1.29 is 19.7 Å². The van der Waals surface area contributed by atoms with Gasteiger partial charge in [-0.2, -0.15) is 5.26 Å². The van der Waals surface area contributed by atoms with Crippen molar-refractivity contribution in [2.75, 3.05) is 32.8 Å². The van der Waals surface area contributed by atoms with Crippen LogP contribution in [-0.2, 0) is 4.79 Å². The Hall–Kier alpha value is -2.14. The van der Waals surface area contributed by atoms with Gasteiger partial charge in [-0.05, 0) is 32.0 Å². The minimum absolute atomic E-state index is 0.00850. The molecule has 2 aliphatic heterocycles. The Labute approximate surface area is 147 Å². The number of hydrogen-bond donors (Lipinski definition) is 2. The van der Waals surface area contributed by atoms with E-state index in [2.05, 4.69) is 6.07 Å². The number of β-amino-alcohol motifs (C(OH)–C–C–N with tert-alkyl or cyclic N) is 1. The van der Waals surface area contributed by atoms with Crippen molar-refractivity contribution in [2.24, 2.45) is 0 Å². The Balaban J connectivity index is 1.97. The molecule has 1 fully saturated rings. The number of amides is 1. The molecule has 0 aliphatic carbocycles. The minimum atomic E-state index is -0.915. The van der Waals surface area contributed by atoms with Crippen LogP contribution >= 0.6 is 0 Å². The van der Waals surface area contributed by atoms with E-state index in [1.165, 1.54) is 0 Å². The Bertz CT molecular complexity index is 713. The third-order valence-corrected chi connectivity index (χ3v) is 4.93. The third-order valence-electron chi connectivity index (χ3n) is 4.93. The van der Waals surface area contributed by atoms with Gasteiger partial charge < -0.3 is 19.8 Å². The highest BCUT2D eigenvalue weighted by molar-refractivity contribution is 5.80. The number of carbonyl (C=O) groups excluding carboxylic acids is 1. The van der Waals surface area contributed by atoms with Crippen LogP contribution in [0.25, 0.3) is 0 Å².